The monoisotopic (exact) mass is 406 g/mol. The van der Waals surface area contributed by atoms with E-state index in [1.165, 1.54) is 24.5 Å². The van der Waals surface area contributed by atoms with Gasteiger partial charge in [-0.1, -0.05) is 12.1 Å². The minimum absolute atomic E-state index is 0.153. The lowest BCUT2D eigenvalue weighted by atomic mass is 9.97. The van der Waals surface area contributed by atoms with E-state index in [2.05, 4.69) is 20.6 Å². The van der Waals surface area contributed by atoms with E-state index in [-0.39, 0.29) is 11.6 Å². The maximum absolute atomic E-state index is 12.6. The molecule has 0 aliphatic carbocycles. The molecule has 0 atom stereocenters. The van der Waals surface area contributed by atoms with Crippen molar-refractivity contribution in [3.8, 4) is 0 Å². The van der Waals surface area contributed by atoms with Crippen LogP contribution in [-0.4, -0.2) is 43.9 Å². The van der Waals surface area contributed by atoms with Gasteiger partial charge in [0.1, 0.15) is 11.6 Å². The topological polar surface area (TPSA) is 159 Å². The molecule has 1 aromatic carbocycles. The standard InChI is InChI=1S/C20H14N4O6/c25-17(23-15-5-1-3-7-21-15)11-9-12(14(20(29)30)10-13(11)19(27)28)18(26)24-16-6-2-4-8-22-16/h1-10H,(H,27,28)(H,29,30)(H,21,23,25)(H,22,24,26). The number of nitrogens with one attached hydrogen (secondary N) is 2. The highest BCUT2D eigenvalue weighted by Crippen LogP contribution is 2.21. The molecule has 2 heterocycles. The number of hydrogen-bond acceptors (Lipinski definition) is 6. The van der Waals surface area contributed by atoms with E-state index in [1.807, 2.05) is 0 Å². The van der Waals surface area contributed by atoms with Crippen molar-refractivity contribution < 1.29 is 29.4 Å². The summed E-state index contributed by atoms with van der Waals surface area (Å²) in [6.07, 6.45) is 2.85. The number of benzene rings is 1. The highest BCUT2D eigenvalue weighted by molar-refractivity contribution is 6.16. The average Bonchev–Trinajstić information content (AvgIpc) is 2.74. The lowest BCUT2D eigenvalue weighted by Gasteiger charge is -2.12. The van der Waals surface area contributed by atoms with E-state index in [0.29, 0.717) is 0 Å². The van der Waals surface area contributed by atoms with Gasteiger partial charge >= 0.3 is 11.9 Å². The van der Waals surface area contributed by atoms with Gasteiger partial charge in [-0.25, -0.2) is 19.6 Å². The smallest absolute Gasteiger partial charge is 0.336 e. The van der Waals surface area contributed by atoms with Gasteiger partial charge in [-0.3, -0.25) is 9.59 Å². The summed E-state index contributed by atoms with van der Waals surface area (Å²) < 4.78 is 0. The van der Waals surface area contributed by atoms with Gasteiger partial charge in [0.25, 0.3) is 11.8 Å². The number of pyridine rings is 2. The summed E-state index contributed by atoms with van der Waals surface area (Å²) in [5.74, 6) is -4.48. The minimum atomic E-state index is -1.53. The van der Waals surface area contributed by atoms with Crippen molar-refractivity contribution in [2.75, 3.05) is 10.6 Å². The van der Waals surface area contributed by atoms with Crippen molar-refractivity contribution in [1.82, 2.24) is 9.97 Å². The van der Waals surface area contributed by atoms with Crippen LogP contribution in [0.25, 0.3) is 0 Å². The Bertz CT molecular complexity index is 1050. The van der Waals surface area contributed by atoms with Crippen molar-refractivity contribution in [2.24, 2.45) is 0 Å². The van der Waals surface area contributed by atoms with Gasteiger partial charge in [-0.05, 0) is 36.4 Å². The maximum atomic E-state index is 12.6. The molecular formula is C20H14N4O6. The Labute approximate surface area is 169 Å². The van der Waals surface area contributed by atoms with Gasteiger partial charge in [0, 0.05) is 12.4 Å². The van der Waals surface area contributed by atoms with Crippen molar-refractivity contribution in [3.63, 3.8) is 0 Å². The lowest BCUT2D eigenvalue weighted by Crippen LogP contribution is -2.22. The van der Waals surface area contributed by atoms with Crippen LogP contribution >= 0.6 is 0 Å². The summed E-state index contributed by atoms with van der Waals surface area (Å²) in [7, 11) is 0. The number of carboxylic acid groups (broad SMARTS) is 2. The molecule has 3 aromatic rings. The van der Waals surface area contributed by atoms with Crippen molar-refractivity contribution in [3.05, 3.63) is 83.2 Å². The van der Waals surface area contributed by atoms with Crippen LogP contribution in [0, 0.1) is 0 Å². The summed E-state index contributed by atoms with van der Waals surface area (Å²) in [5, 5.41) is 23.7. The van der Waals surface area contributed by atoms with Gasteiger partial charge in [0.05, 0.1) is 22.3 Å². The van der Waals surface area contributed by atoms with Crippen LogP contribution < -0.4 is 10.6 Å². The molecule has 0 bridgehead atoms. The average molecular weight is 406 g/mol. The zero-order valence-corrected chi connectivity index (χ0v) is 15.2. The zero-order chi connectivity index (χ0) is 21.7. The Morgan fingerprint density at radius 3 is 1.37 bits per heavy atom. The quantitative estimate of drug-likeness (QED) is 0.485. The number of carbonyl (C=O) groups is 4. The molecular weight excluding hydrogens is 392 g/mol. The number of amides is 2. The number of hydrogen-bond donors (Lipinski definition) is 4. The minimum Gasteiger partial charge on any atom is -0.478 e. The van der Waals surface area contributed by atoms with Crippen LogP contribution in [0.4, 0.5) is 11.6 Å². The molecule has 0 unspecified atom stereocenters. The third-order valence-electron chi connectivity index (χ3n) is 3.92. The van der Waals surface area contributed by atoms with Crippen LogP contribution in [0.3, 0.4) is 0 Å². The van der Waals surface area contributed by atoms with Crippen molar-refractivity contribution in [1.29, 1.82) is 0 Å². The third-order valence-corrected chi connectivity index (χ3v) is 3.92. The lowest BCUT2D eigenvalue weighted by molar-refractivity contribution is 0.0690. The Balaban J connectivity index is 2.06. The van der Waals surface area contributed by atoms with E-state index in [1.54, 1.807) is 24.3 Å². The van der Waals surface area contributed by atoms with Crippen molar-refractivity contribution >= 4 is 35.4 Å². The molecule has 0 saturated carbocycles. The molecule has 0 aliphatic rings. The molecule has 0 spiro atoms. The zero-order valence-electron chi connectivity index (χ0n) is 15.2. The van der Waals surface area contributed by atoms with Gasteiger partial charge in [-0.2, -0.15) is 0 Å². The molecule has 2 aromatic heterocycles. The number of rotatable bonds is 6. The van der Waals surface area contributed by atoms with Crippen LogP contribution in [0.2, 0.25) is 0 Å². The molecule has 0 radical (unpaired) electrons. The van der Waals surface area contributed by atoms with Crippen LogP contribution in [0.5, 0.6) is 0 Å². The first-order valence-corrected chi connectivity index (χ1v) is 8.46. The highest BCUT2D eigenvalue weighted by atomic mass is 16.4. The SMILES string of the molecule is O=C(O)c1cc(C(=O)O)c(C(=O)Nc2ccccn2)cc1C(=O)Nc1ccccn1. The molecule has 30 heavy (non-hydrogen) atoms. The summed E-state index contributed by atoms with van der Waals surface area (Å²) in [4.78, 5) is 56.4. The number of carbonyl (C=O) groups excluding carboxylic acids is 2. The second-order valence-electron chi connectivity index (χ2n) is 5.89. The largest absolute Gasteiger partial charge is 0.478 e. The molecule has 10 nitrogen and oxygen atoms in total. The molecule has 2 amide bonds. The second-order valence-corrected chi connectivity index (χ2v) is 5.89. The fourth-order valence-electron chi connectivity index (χ4n) is 2.57. The fraction of sp³-hybridized carbons (Fsp3) is 0. The first-order chi connectivity index (χ1) is 14.4. The molecule has 3 rings (SSSR count). The first-order valence-electron chi connectivity index (χ1n) is 8.46. The number of anilines is 2. The first kappa shape index (κ1) is 20.1. The van der Waals surface area contributed by atoms with Gasteiger partial charge in [0.2, 0.25) is 0 Å². The number of nitrogens with zero attached hydrogens (tertiary/aromatic N) is 2. The predicted octanol–water partition coefficient (Wildman–Crippen LogP) is 2.38. The van der Waals surface area contributed by atoms with E-state index in [4.69, 9.17) is 0 Å². The predicted molar refractivity (Wildman–Crippen MR) is 105 cm³/mol. The Hall–Kier alpha value is -4.60. The molecule has 0 fully saturated rings. The van der Waals surface area contributed by atoms with E-state index in [0.717, 1.165) is 12.1 Å². The maximum Gasteiger partial charge on any atom is 0.336 e. The van der Waals surface area contributed by atoms with Crippen LogP contribution in [0.1, 0.15) is 41.4 Å². The van der Waals surface area contributed by atoms with E-state index in [9.17, 15) is 29.4 Å². The van der Waals surface area contributed by atoms with Gasteiger partial charge in [0.15, 0.2) is 0 Å². The number of carboxylic acids is 2. The van der Waals surface area contributed by atoms with Crippen molar-refractivity contribution in [2.45, 2.75) is 0 Å². The third kappa shape index (κ3) is 4.44. The molecule has 4 N–H and O–H groups in total. The summed E-state index contributed by atoms with van der Waals surface area (Å²) >= 11 is 0. The van der Waals surface area contributed by atoms with Crippen LogP contribution in [-0.2, 0) is 0 Å². The summed E-state index contributed by atoms with van der Waals surface area (Å²) in [6.45, 7) is 0. The second kappa shape index (κ2) is 8.61. The number of aromatic carboxylic acids is 2. The highest BCUT2D eigenvalue weighted by Gasteiger charge is 2.26. The summed E-state index contributed by atoms with van der Waals surface area (Å²) in [6, 6.07) is 11.1. The van der Waals surface area contributed by atoms with E-state index >= 15 is 0 Å². The molecule has 0 saturated heterocycles. The van der Waals surface area contributed by atoms with Gasteiger partial charge < -0.3 is 20.8 Å². The fourth-order valence-corrected chi connectivity index (χ4v) is 2.57. The number of aromatic nitrogens is 2. The Morgan fingerprint density at radius 2 is 1.03 bits per heavy atom. The molecule has 0 aliphatic heterocycles. The van der Waals surface area contributed by atoms with Gasteiger partial charge in [-0.15, -0.1) is 0 Å². The molecule has 150 valence electrons. The van der Waals surface area contributed by atoms with E-state index < -0.39 is 46.0 Å². The Kier molecular flexibility index (Phi) is 5.78. The van der Waals surface area contributed by atoms with Crippen LogP contribution in [0.15, 0.2) is 60.9 Å². The molecule has 10 heteroatoms. The Morgan fingerprint density at radius 1 is 0.633 bits per heavy atom. The summed E-state index contributed by atoms with van der Waals surface area (Å²) in [5.41, 5.74) is -1.95. The normalized spacial score (nSPS) is 10.1.